The molecular weight excluding hydrogens is 467 g/mol. The Labute approximate surface area is 198 Å². The molecular formula is C23H18ClFN4O3S. The average Bonchev–Trinajstić information content (AvgIpc) is 3.45. The molecule has 1 N–H and O–H groups in total. The highest BCUT2D eigenvalue weighted by molar-refractivity contribution is 7.16. The molecule has 1 aliphatic rings. The normalized spacial score (nSPS) is 12.5. The summed E-state index contributed by atoms with van der Waals surface area (Å²) in [5, 5.41) is 17.1. The van der Waals surface area contributed by atoms with Gasteiger partial charge < -0.3 is 10.1 Å². The lowest BCUT2D eigenvalue weighted by Gasteiger charge is -2.04. The Kier molecular flexibility index (Phi) is 6.58. The van der Waals surface area contributed by atoms with Crippen LogP contribution in [0.5, 0.6) is 0 Å². The molecule has 3 aromatic rings. The van der Waals surface area contributed by atoms with Gasteiger partial charge in [0, 0.05) is 16.5 Å². The number of amides is 1. The fourth-order valence-electron chi connectivity index (χ4n) is 3.56. The summed E-state index contributed by atoms with van der Waals surface area (Å²) in [4.78, 5) is 25.4. The second-order valence-electron chi connectivity index (χ2n) is 7.34. The predicted molar refractivity (Wildman–Crippen MR) is 123 cm³/mol. The first-order valence-corrected chi connectivity index (χ1v) is 11.3. The summed E-state index contributed by atoms with van der Waals surface area (Å²) in [5.74, 6) is -1.63. The number of aryl methyl sites for hydroxylation is 2. The van der Waals surface area contributed by atoms with Gasteiger partial charge in [0.25, 0.3) is 5.91 Å². The van der Waals surface area contributed by atoms with E-state index in [4.69, 9.17) is 16.3 Å². The number of rotatable bonds is 6. The summed E-state index contributed by atoms with van der Waals surface area (Å²) in [6.07, 6.45) is 5.36. The third-order valence-electron chi connectivity index (χ3n) is 5.14. The van der Waals surface area contributed by atoms with Crippen LogP contribution in [0.1, 0.15) is 33.7 Å². The van der Waals surface area contributed by atoms with E-state index < -0.39 is 18.5 Å². The van der Waals surface area contributed by atoms with Gasteiger partial charge in [0.2, 0.25) is 0 Å². The molecule has 33 heavy (non-hydrogen) atoms. The van der Waals surface area contributed by atoms with E-state index in [1.54, 1.807) is 6.92 Å². The monoisotopic (exact) mass is 484 g/mol. The number of hydrogen-bond acceptors (Lipinski definition) is 6. The van der Waals surface area contributed by atoms with Gasteiger partial charge in [-0.25, -0.2) is 13.9 Å². The van der Waals surface area contributed by atoms with Crippen LogP contribution in [0.25, 0.3) is 11.8 Å². The number of ether oxygens (including phenoxy) is 1. The van der Waals surface area contributed by atoms with Crippen LogP contribution in [-0.4, -0.2) is 28.3 Å². The molecule has 0 bridgehead atoms. The molecule has 0 saturated heterocycles. The number of hydrogen-bond donors (Lipinski definition) is 1. The van der Waals surface area contributed by atoms with Crippen LogP contribution in [0.15, 0.2) is 30.3 Å². The van der Waals surface area contributed by atoms with Crippen molar-refractivity contribution in [2.24, 2.45) is 0 Å². The molecule has 7 nitrogen and oxygen atoms in total. The van der Waals surface area contributed by atoms with Crippen molar-refractivity contribution in [2.75, 3.05) is 11.9 Å². The van der Waals surface area contributed by atoms with Crippen molar-refractivity contribution in [1.29, 1.82) is 5.26 Å². The lowest BCUT2D eigenvalue weighted by Crippen LogP contribution is -2.20. The van der Waals surface area contributed by atoms with Crippen LogP contribution in [0.2, 0.25) is 5.15 Å². The Balaban J connectivity index is 1.37. The summed E-state index contributed by atoms with van der Waals surface area (Å²) in [5.41, 5.74) is 3.12. The van der Waals surface area contributed by atoms with Gasteiger partial charge in [0.15, 0.2) is 6.61 Å². The van der Waals surface area contributed by atoms with Gasteiger partial charge in [-0.2, -0.15) is 10.4 Å². The molecule has 10 heteroatoms. The number of nitrogens with one attached hydrogen (secondary N) is 1. The number of carbonyl (C=O) groups is 2. The molecule has 0 atom stereocenters. The van der Waals surface area contributed by atoms with Gasteiger partial charge in [-0.3, -0.25) is 4.79 Å². The maximum Gasteiger partial charge on any atom is 0.331 e. The van der Waals surface area contributed by atoms with Gasteiger partial charge in [0.1, 0.15) is 22.0 Å². The van der Waals surface area contributed by atoms with Crippen LogP contribution in [0.3, 0.4) is 0 Å². The van der Waals surface area contributed by atoms with Gasteiger partial charge in [0.05, 0.1) is 16.9 Å². The number of carbonyl (C=O) groups excluding carboxylic acids is 2. The number of anilines is 1. The van der Waals surface area contributed by atoms with E-state index in [0.717, 1.165) is 35.8 Å². The molecule has 0 saturated carbocycles. The zero-order valence-corrected chi connectivity index (χ0v) is 19.1. The fourth-order valence-corrected chi connectivity index (χ4v) is 5.15. The Morgan fingerprint density at radius 2 is 2.12 bits per heavy atom. The molecule has 1 aliphatic carbocycles. The van der Waals surface area contributed by atoms with Gasteiger partial charge in [-0.05, 0) is 62.1 Å². The molecule has 168 valence electrons. The smallest absolute Gasteiger partial charge is 0.331 e. The zero-order valence-electron chi connectivity index (χ0n) is 17.5. The average molecular weight is 485 g/mol. The minimum Gasteiger partial charge on any atom is -0.452 e. The molecule has 4 rings (SSSR count). The summed E-state index contributed by atoms with van der Waals surface area (Å²) in [6.45, 7) is 1.23. The minimum absolute atomic E-state index is 0.246. The molecule has 1 amide bonds. The lowest BCUT2D eigenvalue weighted by molar-refractivity contribution is -0.142. The maximum atomic E-state index is 13.2. The van der Waals surface area contributed by atoms with E-state index >= 15 is 0 Å². The third-order valence-corrected chi connectivity index (χ3v) is 6.71. The van der Waals surface area contributed by atoms with E-state index in [2.05, 4.69) is 16.5 Å². The van der Waals surface area contributed by atoms with E-state index in [9.17, 15) is 19.2 Å². The quantitative estimate of drug-likeness (QED) is 0.407. The first-order valence-electron chi connectivity index (χ1n) is 10.1. The highest BCUT2D eigenvalue weighted by atomic mass is 35.5. The summed E-state index contributed by atoms with van der Waals surface area (Å²) >= 11 is 7.77. The van der Waals surface area contributed by atoms with Crippen molar-refractivity contribution in [3.63, 3.8) is 0 Å². The van der Waals surface area contributed by atoms with Crippen molar-refractivity contribution in [1.82, 2.24) is 9.78 Å². The van der Waals surface area contributed by atoms with E-state index in [-0.39, 0.29) is 11.0 Å². The number of nitrogens with zero attached hydrogens (tertiary/aromatic N) is 3. The van der Waals surface area contributed by atoms with Gasteiger partial charge in [-0.15, -0.1) is 11.3 Å². The van der Waals surface area contributed by atoms with Crippen LogP contribution in [-0.2, 0) is 27.2 Å². The Morgan fingerprint density at radius 1 is 1.36 bits per heavy atom. The predicted octanol–water partition coefficient (Wildman–Crippen LogP) is 4.59. The van der Waals surface area contributed by atoms with Crippen molar-refractivity contribution < 1.29 is 18.7 Å². The number of aromatic nitrogens is 2. The van der Waals surface area contributed by atoms with Crippen LogP contribution >= 0.6 is 22.9 Å². The Morgan fingerprint density at radius 3 is 2.85 bits per heavy atom. The van der Waals surface area contributed by atoms with Crippen molar-refractivity contribution in [3.8, 4) is 11.8 Å². The minimum atomic E-state index is -0.732. The van der Waals surface area contributed by atoms with Crippen molar-refractivity contribution in [3.05, 3.63) is 68.6 Å². The largest absolute Gasteiger partial charge is 0.452 e. The molecule has 0 radical (unpaired) electrons. The molecule has 0 aliphatic heterocycles. The van der Waals surface area contributed by atoms with Gasteiger partial charge >= 0.3 is 5.97 Å². The van der Waals surface area contributed by atoms with Gasteiger partial charge in [-0.1, -0.05) is 11.6 Å². The zero-order chi connectivity index (χ0) is 23.5. The first kappa shape index (κ1) is 22.7. The van der Waals surface area contributed by atoms with E-state index in [1.807, 2.05) is 0 Å². The van der Waals surface area contributed by atoms with Crippen LogP contribution < -0.4 is 5.32 Å². The second kappa shape index (κ2) is 9.57. The number of thiophene rings is 1. The van der Waals surface area contributed by atoms with Crippen LogP contribution in [0.4, 0.5) is 9.39 Å². The van der Waals surface area contributed by atoms with E-state index in [0.29, 0.717) is 27.5 Å². The summed E-state index contributed by atoms with van der Waals surface area (Å²) < 4.78 is 19.6. The van der Waals surface area contributed by atoms with Crippen molar-refractivity contribution in [2.45, 2.75) is 26.2 Å². The van der Waals surface area contributed by atoms with Crippen molar-refractivity contribution >= 4 is 45.9 Å². The Bertz CT molecular complexity index is 1300. The van der Waals surface area contributed by atoms with E-state index in [1.165, 1.54) is 46.4 Å². The second-order valence-corrected chi connectivity index (χ2v) is 8.80. The molecule has 0 unspecified atom stereocenters. The molecule has 0 fully saturated rings. The molecule has 2 aromatic heterocycles. The number of halogens is 2. The SMILES string of the molecule is Cc1nn(-c2ccc(F)cc2)c(Cl)c1/C=C/C(=O)OCC(=O)Nc1sc2c(c1C#N)CCC2. The first-order chi connectivity index (χ1) is 15.9. The molecule has 0 spiro atoms. The topological polar surface area (TPSA) is 97.0 Å². The number of fused-ring (bicyclic) bond motifs is 1. The molecule has 1 aromatic carbocycles. The molecule has 2 heterocycles. The summed E-state index contributed by atoms with van der Waals surface area (Å²) in [7, 11) is 0. The maximum absolute atomic E-state index is 13.2. The highest BCUT2D eigenvalue weighted by Crippen LogP contribution is 2.38. The Hall–Kier alpha value is -3.48. The fraction of sp³-hybridized carbons (Fsp3) is 0.217. The summed E-state index contributed by atoms with van der Waals surface area (Å²) in [6, 6.07) is 7.81. The third kappa shape index (κ3) is 4.82. The number of benzene rings is 1. The van der Waals surface area contributed by atoms with Crippen LogP contribution in [0, 0.1) is 24.1 Å². The number of esters is 1. The number of nitriles is 1. The standard InChI is InChI=1S/C23H18ClFN4O3S/c1-13-16(22(24)29(28-13)15-7-5-14(25)6-8-15)9-10-21(31)32-12-20(30)27-23-18(11-26)17-3-2-4-19(17)33-23/h5-10H,2-4,12H2,1H3,(H,27,30)/b10-9+. The highest BCUT2D eigenvalue weighted by Gasteiger charge is 2.23. The lowest BCUT2D eigenvalue weighted by atomic mass is 10.1.